The summed E-state index contributed by atoms with van der Waals surface area (Å²) >= 11 is 12.9. The number of aryl methyl sites for hydroxylation is 2. The van der Waals surface area contributed by atoms with Gasteiger partial charge in [-0.3, -0.25) is 13.9 Å². The van der Waals surface area contributed by atoms with Crippen LogP contribution in [-0.4, -0.2) is 43.8 Å². The Balaban J connectivity index is 1.60. The second-order valence-corrected chi connectivity index (χ2v) is 15.6. The summed E-state index contributed by atoms with van der Waals surface area (Å²) in [4.78, 5) is 30.7. The third-order valence-electron chi connectivity index (χ3n) is 9.31. The number of sulfonamides is 1. The number of benzene rings is 4. The van der Waals surface area contributed by atoms with Gasteiger partial charge < -0.3 is 10.2 Å². The number of amides is 2. The summed E-state index contributed by atoms with van der Waals surface area (Å²) < 4.78 is 30.0. The van der Waals surface area contributed by atoms with E-state index in [0.717, 1.165) is 58.7 Å². The highest BCUT2D eigenvalue weighted by Crippen LogP contribution is 2.30. The van der Waals surface area contributed by atoms with E-state index in [1.165, 1.54) is 4.90 Å². The zero-order valence-corrected chi connectivity index (χ0v) is 30.5. The summed E-state index contributed by atoms with van der Waals surface area (Å²) in [6.45, 7) is 5.06. The van der Waals surface area contributed by atoms with Gasteiger partial charge in [0.1, 0.15) is 12.6 Å². The number of hydrogen-bond donors (Lipinski definition) is 1. The molecule has 7 nitrogen and oxygen atoms in total. The van der Waals surface area contributed by atoms with Crippen LogP contribution in [0.25, 0.3) is 0 Å². The molecule has 1 aliphatic rings. The third kappa shape index (κ3) is 9.04. The summed E-state index contributed by atoms with van der Waals surface area (Å²) in [5.41, 5.74) is 4.37. The summed E-state index contributed by atoms with van der Waals surface area (Å²) in [5.74, 6) is -0.823. The molecule has 10 heteroatoms. The molecule has 1 fully saturated rings. The van der Waals surface area contributed by atoms with Crippen LogP contribution in [0.4, 0.5) is 5.69 Å². The lowest BCUT2D eigenvalue weighted by molar-refractivity contribution is -0.140. The van der Waals surface area contributed by atoms with Gasteiger partial charge in [-0.05, 0) is 86.2 Å². The van der Waals surface area contributed by atoms with Crippen LogP contribution < -0.4 is 9.62 Å². The molecule has 0 saturated heterocycles. The Kier molecular flexibility index (Phi) is 12.1. The molecule has 1 aliphatic carbocycles. The van der Waals surface area contributed by atoms with E-state index < -0.39 is 28.5 Å². The highest BCUT2D eigenvalue weighted by molar-refractivity contribution is 7.92. The van der Waals surface area contributed by atoms with Crippen molar-refractivity contribution in [1.82, 2.24) is 10.2 Å². The molecule has 1 saturated carbocycles. The molecule has 1 N–H and O–H groups in total. The summed E-state index contributed by atoms with van der Waals surface area (Å²) in [5, 5.41) is 4.01. The van der Waals surface area contributed by atoms with E-state index in [9.17, 15) is 18.0 Å². The maximum atomic E-state index is 14.8. The van der Waals surface area contributed by atoms with Crippen LogP contribution in [0.5, 0.6) is 0 Å². The van der Waals surface area contributed by atoms with Gasteiger partial charge in [-0.25, -0.2) is 8.42 Å². The second kappa shape index (κ2) is 16.2. The summed E-state index contributed by atoms with van der Waals surface area (Å²) in [6.07, 6.45) is 5.15. The van der Waals surface area contributed by atoms with E-state index in [0.29, 0.717) is 21.3 Å². The molecular weight excluding hydrogens is 677 g/mol. The predicted molar refractivity (Wildman–Crippen MR) is 198 cm³/mol. The predicted octanol–water partition coefficient (Wildman–Crippen LogP) is 8.20. The summed E-state index contributed by atoms with van der Waals surface area (Å²) in [6, 6.07) is 25.5. The van der Waals surface area contributed by atoms with Crippen molar-refractivity contribution in [2.45, 2.75) is 82.8 Å². The van der Waals surface area contributed by atoms with Gasteiger partial charge in [0.2, 0.25) is 11.8 Å². The van der Waals surface area contributed by atoms with Crippen LogP contribution in [0.2, 0.25) is 10.0 Å². The molecule has 0 aliphatic heterocycles. The molecule has 1 atom stereocenters. The third-order valence-corrected chi connectivity index (χ3v) is 11.7. The topological polar surface area (TPSA) is 86.8 Å². The van der Waals surface area contributed by atoms with Gasteiger partial charge in [-0.2, -0.15) is 0 Å². The number of halogens is 2. The second-order valence-electron chi connectivity index (χ2n) is 12.9. The van der Waals surface area contributed by atoms with Crippen molar-refractivity contribution >= 4 is 50.7 Å². The van der Waals surface area contributed by atoms with Crippen LogP contribution in [0, 0.1) is 20.8 Å². The van der Waals surface area contributed by atoms with Gasteiger partial charge in [0.05, 0.1) is 10.6 Å². The fourth-order valence-electron chi connectivity index (χ4n) is 6.29. The van der Waals surface area contributed by atoms with Crippen molar-refractivity contribution in [2.75, 3.05) is 10.8 Å². The Bertz CT molecular complexity index is 1880. The minimum atomic E-state index is -4.21. The zero-order chi connectivity index (χ0) is 35.1. The first-order chi connectivity index (χ1) is 23.4. The molecule has 258 valence electrons. The van der Waals surface area contributed by atoms with E-state index >= 15 is 0 Å². The molecule has 0 spiro atoms. The van der Waals surface area contributed by atoms with Crippen molar-refractivity contribution in [3.63, 3.8) is 0 Å². The van der Waals surface area contributed by atoms with E-state index in [2.05, 4.69) is 5.32 Å². The highest BCUT2D eigenvalue weighted by Gasteiger charge is 2.36. The monoisotopic (exact) mass is 719 g/mol. The first kappa shape index (κ1) is 36.4. The quantitative estimate of drug-likeness (QED) is 0.160. The molecule has 0 aromatic heterocycles. The largest absolute Gasteiger partial charge is 0.352 e. The van der Waals surface area contributed by atoms with Gasteiger partial charge in [-0.15, -0.1) is 0 Å². The number of hydrogen-bond acceptors (Lipinski definition) is 4. The van der Waals surface area contributed by atoms with Crippen molar-refractivity contribution < 1.29 is 18.0 Å². The SMILES string of the molecule is Cc1ccc(S(=O)(=O)N(CC(=O)N(Cc2ccc(Cl)cc2Cl)C(Cc2ccccc2)C(=O)NC2CCCCC2)c2cccc(C)c2C)cc1. The van der Waals surface area contributed by atoms with E-state index in [4.69, 9.17) is 23.2 Å². The molecule has 4 aromatic carbocycles. The molecule has 49 heavy (non-hydrogen) atoms. The van der Waals surface area contributed by atoms with E-state index in [-0.39, 0.29) is 29.8 Å². The van der Waals surface area contributed by atoms with Crippen molar-refractivity contribution in [3.8, 4) is 0 Å². The maximum absolute atomic E-state index is 14.8. The van der Waals surface area contributed by atoms with Gasteiger partial charge in [-0.1, -0.05) is 109 Å². The van der Waals surface area contributed by atoms with E-state index in [1.54, 1.807) is 54.6 Å². The molecule has 0 bridgehead atoms. The number of nitrogens with zero attached hydrogens (tertiary/aromatic N) is 2. The van der Waals surface area contributed by atoms with E-state index in [1.807, 2.05) is 57.2 Å². The number of anilines is 1. The summed E-state index contributed by atoms with van der Waals surface area (Å²) in [7, 11) is -4.21. The molecule has 0 radical (unpaired) electrons. The normalized spacial score (nSPS) is 14.2. The van der Waals surface area contributed by atoms with Crippen molar-refractivity contribution in [2.24, 2.45) is 0 Å². The fourth-order valence-corrected chi connectivity index (χ4v) is 8.23. The number of rotatable bonds is 12. The maximum Gasteiger partial charge on any atom is 0.264 e. The van der Waals surface area contributed by atoms with Gasteiger partial charge in [0, 0.05) is 29.1 Å². The average Bonchev–Trinajstić information content (AvgIpc) is 3.08. The standard InChI is InChI=1S/C39H43Cl2N3O4S/c1-27-17-21-34(22-18-27)49(47,48)44(36-16-10-11-28(2)29(36)3)26-38(45)43(25-31-19-20-32(40)24-35(31)41)37(23-30-12-6-4-7-13-30)39(46)42-33-14-8-5-9-15-33/h4,6-7,10-13,16-22,24,33,37H,5,8-9,14-15,23,25-26H2,1-3H3,(H,42,46). The lowest BCUT2D eigenvalue weighted by Gasteiger charge is -2.35. The Morgan fingerprint density at radius 1 is 0.857 bits per heavy atom. The van der Waals surface area contributed by atoms with Crippen LogP contribution in [-0.2, 0) is 32.6 Å². The molecule has 5 rings (SSSR count). The number of carbonyl (C=O) groups is 2. The highest BCUT2D eigenvalue weighted by atomic mass is 35.5. The van der Waals surface area contributed by atoms with Crippen LogP contribution >= 0.6 is 23.2 Å². The number of carbonyl (C=O) groups excluding carboxylic acids is 2. The minimum absolute atomic E-state index is 0.00366. The van der Waals surface area contributed by atoms with Gasteiger partial charge in [0.15, 0.2) is 0 Å². The van der Waals surface area contributed by atoms with Gasteiger partial charge in [0.25, 0.3) is 10.0 Å². The molecule has 4 aromatic rings. The Hall–Kier alpha value is -3.85. The number of nitrogens with one attached hydrogen (secondary N) is 1. The lowest BCUT2D eigenvalue weighted by atomic mass is 9.94. The zero-order valence-electron chi connectivity index (χ0n) is 28.2. The Morgan fingerprint density at radius 2 is 1.55 bits per heavy atom. The molecule has 2 amide bonds. The fraction of sp³-hybridized carbons (Fsp3) is 0.333. The average molecular weight is 721 g/mol. The Morgan fingerprint density at radius 3 is 2.22 bits per heavy atom. The van der Waals surface area contributed by atoms with Gasteiger partial charge >= 0.3 is 0 Å². The van der Waals surface area contributed by atoms with Crippen molar-refractivity contribution in [3.05, 3.63) is 129 Å². The van der Waals surface area contributed by atoms with Crippen LogP contribution in [0.3, 0.4) is 0 Å². The Labute approximate surface area is 300 Å². The van der Waals surface area contributed by atoms with Crippen LogP contribution in [0.15, 0.2) is 95.9 Å². The smallest absolute Gasteiger partial charge is 0.264 e. The lowest BCUT2D eigenvalue weighted by Crippen LogP contribution is -2.55. The van der Waals surface area contributed by atoms with Crippen LogP contribution in [0.1, 0.15) is 59.9 Å². The first-order valence-electron chi connectivity index (χ1n) is 16.7. The molecule has 1 unspecified atom stereocenters. The first-order valence-corrected chi connectivity index (χ1v) is 18.9. The molecule has 0 heterocycles. The minimum Gasteiger partial charge on any atom is -0.352 e. The van der Waals surface area contributed by atoms with Crippen molar-refractivity contribution in [1.29, 1.82) is 0 Å². The molecular formula is C39H43Cl2N3O4S.